The molecule has 2 fully saturated rings. The lowest BCUT2D eigenvalue weighted by Crippen LogP contribution is -2.37. The second kappa shape index (κ2) is 12.4. The summed E-state index contributed by atoms with van der Waals surface area (Å²) in [6, 6.07) is 13.1. The highest BCUT2D eigenvalue weighted by molar-refractivity contribution is 7.92. The molecule has 10 nitrogen and oxygen atoms in total. The van der Waals surface area contributed by atoms with Gasteiger partial charge in [0.25, 0.3) is 0 Å². The molecule has 2 atom stereocenters. The average Bonchev–Trinajstić information content (AvgIpc) is 3.44. The van der Waals surface area contributed by atoms with Gasteiger partial charge < -0.3 is 24.3 Å². The molecule has 0 aliphatic carbocycles. The van der Waals surface area contributed by atoms with Gasteiger partial charge in [0, 0.05) is 49.5 Å². The van der Waals surface area contributed by atoms with E-state index < -0.39 is 10.0 Å². The van der Waals surface area contributed by atoms with Crippen molar-refractivity contribution in [1.82, 2.24) is 19.8 Å². The molecule has 3 aromatic rings. The third kappa shape index (κ3) is 6.50. The van der Waals surface area contributed by atoms with Crippen molar-refractivity contribution in [2.75, 3.05) is 55.8 Å². The fraction of sp³-hybridized carbons (Fsp3) is 0.448. The maximum atomic E-state index is 12.1. The van der Waals surface area contributed by atoms with Crippen LogP contribution in [-0.4, -0.2) is 74.2 Å². The van der Waals surface area contributed by atoms with Crippen molar-refractivity contribution in [2.45, 2.75) is 38.9 Å². The predicted octanol–water partition coefficient (Wildman–Crippen LogP) is 3.78. The summed E-state index contributed by atoms with van der Waals surface area (Å²) in [7, 11) is -2.02. The minimum atomic E-state index is -3.53. The van der Waals surface area contributed by atoms with Gasteiger partial charge in [-0.25, -0.2) is 8.42 Å². The summed E-state index contributed by atoms with van der Waals surface area (Å²) in [5.41, 5.74) is 5.48. The second-order valence-corrected chi connectivity index (χ2v) is 12.7. The number of methoxy groups -OCH3 is 1. The number of nitrogens with zero attached hydrogens (tertiary/aromatic N) is 4. The lowest BCUT2D eigenvalue weighted by molar-refractivity contribution is 0.0369. The molecule has 4 heterocycles. The molecule has 2 N–H and O–H groups in total. The molecular weight excluding hydrogens is 560 g/mol. The summed E-state index contributed by atoms with van der Waals surface area (Å²) in [5.74, 6) is 0.425. The zero-order valence-electron chi connectivity index (χ0n) is 24.0. The Morgan fingerprint density at radius 1 is 1.15 bits per heavy atom. The van der Waals surface area contributed by atoms with Gasteiger partial charge in [-0.3, -0.25) is 14.6 Å². The highest BCUT2D eigenvalue weighted by Gasteiger charge is 2.42. The van der Waals surface area contributed by atoms with Gasteiger partial charge >= 0.3 is 0 Å². The highest BCUT2D eigenvalue weighted by atomic mass is 32.2. The quantitative estimate of drug-likeness (QED) is 0.338. The molecule has 1 aromatic carbocycles. The first-order valence-corrected chi connectivity index (χ1v) is 16.1. The van der Waals surface area contributed by atoms with Gasteiger partial charge in [0.2, 0.25) is 10.0 Å². The molecule has 2 aromatic heterocycles. The lowest BCUT2D eigenvalue weighted by Gasteiger charge is -2.29. The van der Waals surface area contributed by atoms with Crippen LogP contribution in [0.15, 0.2) is 48.7 Å². The van der Waals surface area contributed by atoms with Crippen molar-refractivity contribution >= 4 is 38.7 Å². The number of aryl methyl sites for hydroxylation is 1. The van der Waals surface area contributed by atoms with Crippen LogP contribution in [0.4, 0.5) is 11.4 Å². The molecule has 220 valence electrons. The van der Waals surface area contributed by atoms with Gasteiger partial charge in [-0.15, -0.1) is 0 Å². The summed E-state index contributed by atoms with van der Waals surface area (Å²) >= 11 is 5.91. The number of pyridine rings is 1. The van der Waals surface area contributed by atoms with Gasteiger partial charge in [0.05, 0.1) is 50.0 Å². The Bertz CT molecular complexity index is 1490. The Balaban J connectivity index is 1.52. The second-order valence-electron chi connectivity index (χ2n) is 10.5. The first-order chi connectivity index (χ1) is 19.7. The molecule has 12 heteroatoms. The van der Waals surface area contributed by atoms with Crippen LogP contribution in [0.3, 0.4) is 0 Å². The molecule has 41 heavy (non-hydrogen) atoms. The van der Waals surface area contributed by atoms with E-state index in [4.69, 9.17) is 21.7 Å². The predicted molar refractivity (Wildman–Crippen MR) is 165 cm³/mol. The Hall–Kier alpha value is -3.19. The van der Waals surface area contributed by atoms with Crippen LogP contribution in [0.25, 0.3) is 0 Å². The summed E-state index contributed by atoms with van der Waals surface area (Å²) in [4.78, 5) is 9.19. The minimum absolute atomic E-state index is 0.209. The van der Waals surface area contributed by atoms with Crippen molar-refractivity contribution in [3.05, 3.63) is 71.3 Å². The lowest BCUT2D eigenvalue weighted by atomic mass is 9.96. The normalized spacial score (nSPS) is 19.8. The maximum Gasteiger partial charge on any atom is 0.229 e. The number of sulfonamides is 1. The first kappa shape index (κ1) is 29.3. The van der Waals surface area contributed by atoms with Crippen LogP contribution >= 0.6 is 12.2 Å². The van der Waals surface area contributed by atoms with Gasteiger partial charge in [-0.1, -0.05) is 6.07 Å². The number of hydrogen-bond donors (Lipinski definition) is 2. The van der Waals surface area contributed by atoms with Crippen LogP contribution in [-0.2, 0) is 21.3 Å². The Morgan fingerprint density at radius 3 is 2.61 bits per heavy atom. The summed E-state index contributed by atoms with van der Waals surface area (Å²) in [5, 5.41) is 4.04. The molecular formula is C29H38N6O4S2. The van der Waals surface area contributed by atoms with E-state index >= 15 is 0 Å². The summed E-state index contributed by atoms with van der Waals surface area (Å²) in [6.45, 7) is 9.84. The first-order valence-electron chi connectivity index (χ1n) is 13.8. The van der Waals surface area contributed by atoms with E-state index in [0.29, 0.717) is 16.5 Å². The van der Waals surface area contributed by atoms with E-state index in [-0.39, 0.29) is 12.1 Å². The largest absolute Gasteiger partial charge is 0.495 e. The number of benzene rings is 1. The molecule has 0 unspecified atom stereocenters. The standard InChI is InChI=1S/C29H38N6O4S2/c1-20-18-23(21(2)34(20)13-7-12-33-14-16-39-17-15-33)28-27(24-8-5-6-11-30-24)31-29(40)35(28)22-9-10-26(38-3)25(19-22)32-41(4,36)37/h5-6,8-11,18-19,27-28,32H,7,12-17H2,1-4H3,(H,31,40)/t27-,28+/m1/s1. The van der Waals surface area contributed by atoms with E-state index in [0.717, 1.165) is 69.0 Å². The minimum Gasteiger partial charge on any atom is -0.495 e. The van der Waals surface area contributed by atoms with Crippen molar-refractivity contribution in [1.29, 1.82) is 0 Å². The highest BCUT2D eigenvalue weighted by Crippen LogP contribution is 2.44. The zero-order chi connectivity index (χ0) is 29.1. The summed E-state index contributed by atoms with van der Waals surface area (Å²) in [6.07, 6.45) is 3.95. The third-order valence-electron chi connectivity index (χ3n) is 7.75. The van der Waals surface area contributed by atoms with E-state index in [1.807, 2.05) is 24.3 Å². The molecule has 0 amide bonds. The van der Waals surface area contributed by atoms with Crippen LogP contribution in [0.1, 0.15) is 41.1 Å². The van der Waals surface area contributed by atoms with E-state index in [1.165, 1.54) is 18.5 Å². The number of ether oxygens (including phenoxy) is 2. The number of nitrogens with one attached hydrogen (secondary N) is 2. The summed E-state index contributed by atoms with van der Waals surface area (Å²) < 4.78 is 40.1. The molecule has 5 rings (SSSR count). The number of thiocarbonyl (C=S) groups is 1. The topological polar surface area (TPSA) is 101 Å². The third-order valence-corrected chi connectivity index (χ3v) is 8.65. The van der Waals surface area contributed by atoms with Crippen LogP contribution in [0, 0.1) is 13.8 Å². The van der Waals surface area contributed by atoms with Gasteiger partial charge in [-0.2, -0.15) is 0 Å². The van der Waals surface area contributed by atoms with Crippen LogP contribution in [0.5, 0.6) is 5.75 Å². The molecule has 0 radical (unpaired) electrons. The molecule has 0 saturated carbocycles. The average molecular weight is 599 g/mol. The van der Waals surface area contributed by atoms with Crippen molar-refractivity contribution in [2.24, 2.45) is 0 Å². The van der Waals surface area contributed by atoms with Gasteiger partial charge in [-0.05, 0) is 74.4 Å². The number of anilines is 2. The van der Waals surface area contributed by atoms with Crippen LogP contribution in [0.2, 0.25) is 0 Å². The van der Waals surface area contributed by atoms with E-state index in [2.05, 4.69) is 49.3 Å². The van der Waals surface area contributed by atoms with Crippen molar-refractivity contribution < 1.29 is 17.9 Å². The molecule has 2 aliphatic heterocycles. The fourth-order valence-corrected chi connectivity index (χ4v) is 6.73. The van der Waals surface area contributed by atoms with E-state index in [9.17, 15) is 8.42 Å². The molecule has 0 bridgehead atoms. The maximum absolute atomic E-state index is 12.1. The number of morpholine rings is 1. The van der Waals surface area contributed by atoms with Crippen molar-refractivity contribution in [3.8, 4) is 5.75 Å². The smallest absolute Gasteiger partial charge is 0.229 e. The number of rotatable bonds is 10. The SMILES string of the molecule is COc1ccc(N2C(=S)N[C@H](c3ccccn3)[C@@H]2c2cc(C)n(CCCN3CCOCC3)c2C)cc1NS(C)(=O)=O. The van der Waals surface area contributed by atoms with Crippen LogP contribution < -0.4 is 19.7 Å². The zero-order valence-corrected chi connectivity index (χ0v) is 25.6. The molecule has 0 spiro atoms. The monoisotopic (exact) mass is 598 g/mol. The van der Waals surface area contributed by atoms with Gasteiger partial charge in [0.1, 0.15) is 5.75 Å². The molecule has 2 saturated heterocycles. The Kier molecular flexibility index (Phi) is 8.83. The van der Waals surface area contributed by atoms with Crippen molar-refractivity contribution in [3.63, 3.8) is 0 Å². The number of aromatic nitrogens is 2. The van der Waals surface area contributed by atoms with E-state index in [1.54, 1.807) is 18.3 Å². The Morgan fingerprint density at radius 2 is 1.93 bits per heavy atom. The Labute approximate surface area is 247 Å². The molecule has 2 aliphatic rings. The fourth-order valence-electron chi connectivity index (χ4n) is 5.82. The number of hydrogen-bond acceptors (Lipinski definition) is 7. The van der Waals surface area contributed by atoms with Gasteiger partial charge in [0.15, 0.2) is 5.11 Å².